The number of rotatable bonds is 6. The first-order valence-electron chi connectivity index (χ1n) is 9.32. The first-order valence-corrected chi connectivity index (χ1v) is 9.32. The van der Waals surface area contributed by atoms with Crippen LogP contribution < -0.4 is 19.5 Å². The third-order valence-electron chi connectivity index (χ3n) is 4.57. The summed E-state index contributed by atoms with van der Waals surface area (Å²) in [4.78, 5) is 12.5. The summed E-state index contributed by atoms with van der Waals surface area (Å²) in [6.45, 7) is 6.35. The lowest BCUT2D eigenvalue weighted by molar-refractivity contribution is 0.102. The summed E-state index contributed by atoms with van der Waals surface area (Å²) in [5.74, 6) is 1.22. The number of carbonyl (C=O) groups is 1. The van der Waals surface area contributed by atoms with Crippen molar-refractivity contribution in [2.45, 2.75) is 26.2 Å². The van der Waals surface area contributed by atoms with Gasteiger partial charge in [0.25, 0.3) is 5.91 Å². The average molecular weight is 411 g/mol. The molecule has 2 aromatic carbocycles. The molecule has 0 saturated carbocycles. The maximum absolute atomic E-state index is 12.5. The highest BCUT2D eigenvalue weighted by Crippen LogP contribution is 2.41. The molecule has 0 aliphatic rings. The molecular weight excluding hydrogens is 386 g/mol. The Morgan fingerprint density at radius 2 is 1.53 bits per heavy atom. The first-order chi connectivity index (χ1) is 14.3. The summed E-state index contributed by atoms with van der Waals surface area (Å²) in [5.41, 5.74) is 2.21. The van der Waals surface area contributed by atoms with E-state index in [1.54, 1.807) is 24.3 Å². The van der Waals surface area contributed by atoms with Crippen LogP contribution in [0.5, 0.6) is 17.2 Å². The van der Waals surface area contributed by atoms with Gasteiger partial charge in [0.1, 0.15) is 0 Å². The molecule has 3 rings (SSSR count). The molecular formula is C22H25N3O5. The van der Waals surface area contributed by atoms with E-state index in [9.17, 15) is 4.79 Å². The van der Waals surface area contributed by atoms with Crippen LogP contribution in [0.2, 0.25) is 0 Å². The van der Waals surface area contributed by atoms with Gasteiger partial charge < -0.3 is 18.6 Å². The van der Waals surface area contributed by atoms with E-state index in [0.29, 0.717) is 28.4 Å². The number of ether oxygens (including phenoxy) is 3. The fraction of sp³-hybridized carbons (Fsp3) is 0.318. The molecule has 0 aliphatic heterocycles. The monoisotopic (exact) mass is 411 g/mol. The Kier molecular flexibility index (Phi) is 5.96. The van der Waals surface area contributed by atoms with Crippen LogP contribution in [-0.4, -0.2) is 37.4 Å². The molecule has 0 saturated heterocycles. The van der Waals surface area contributed by atoms with Gasteiger partial charge in [0.15, 0.2) is 11.5 Å². The Morgan fingerprint density at radius 3 is 2.03 bits per heavy atom. The van der Waals surface area contributed by atoms with Gasteiger partial charge in [-0.3, -0.25) is 10.1 Å². The highest BCUT2D eigenvalue weighted by molar-refractivity contribution is 6.03. The second-order valence-corrected chi connectivity index (χ2v) is 7.61. The van der Waals surface area contributed by atoms with Crippen molar-refractivity contribution in [3.05, 3.63) is 47.5 Å². The minimum absolute atomic E-state index is 0.0105. The zero-order valence-electron chi connectivity index (χ0n) is 17.9. The SMILES string of the molecule is COc1cc(-c2nnc(NC(=O)c3ccc(C(C)(C)C)cc3)o2)cc(OC)c1OC. The van der Waals surface area contributed by atoms with Gasteiger partial charge in [-0.25, -0.2) is 0 Å². The molecule has 1 N–H and O–H groups in total. The number of nitrogens with one attached hydrogen (secondary N) is 1. The molecule has 0 spiro atoms. The van der Waals surface area contributed by atoms with Crippen molar-refractivity contribution in [1.29, 1.82) is 0 Å². The maximum atomic E-state index is 12.5. The van der Waals surface area contributed by atoms with Crippen LogP contribution in [0, 0.1) is 0 Å². The molecule has 0 atom stereocenters. The van der Waals surface area contributed by atoms with E-state index in [4.69, 9.17) is 18.6 Å². The van der Waals surface area contributed by atoms with E-state index < -0.39 is 0 Å². The van der Waals surface area contributed by atoms with Crippen molar-refractivity contribution in [3.8, 4) is 28.7 Å². The minimum Gasteiger partial charge on any atom is -0.493 e. The van der Waals surface area contributed by atoms with Gasteiger partial charge in [-0.15, -0.1) is 5.10 Å². The summed E-state index contributed by atoms with van der Waals surface area (Å²) in [7, 11) is 4.56. The number of aromatic nitrogens is 2. The smallest absolute Gasteiger partial charge is 0.322 e. The van der Waals surface area contributed by atoms with Gasteiger partial charge in [0.05, 0.1) is 21.3 Å². The molecule has 1 amide bonds. The molecule has 0 fully saturated rings. The Morgan fingerprint density at radius 1 is 0.933 bits per heavy atom. The molecule has 3 aromatic rings. The van der Waals surface area contributed by atoms with Crippen molar-refractivity contribution < 1.29 is 23.4 Å². The second-order valence-electron chi connectivity index (χ2n) is 7.61. The van der Waals surface area contributed by atoms with Crippen LogP contribution in [0.3, 0.4) is 0 Å². The predicted molar refractivity (Wildman–Crippen MR) is 112 cm³/mol. The van der Waals surface area contributed by atoms with Gasteiger partial charge in [-0.1, -0.05) is 38.0 Å². The van der Waals surface area contributed by atoms with Crippen molar-refractivity contribution in [2.75, 3.05) is 26.6 Å². The van der Waals surface area contributed by atoms with Gasteiger partial charge in [0, 0.05) is 11.1 Å². The Balaban J connectivity index is 1.81. The number of methoxy groups -OCH3 is 3. The van der Waals surface area contributed by atoms with Gasteiger partial charge >= 0.3 is 6.01 Å². The number of hydrogen-bond donors (Lipinski definition) is 1. The maximum Gasteiger partial charge on any atom is 0.322 e. The molecule has 0 radical (unpaired) electrons. The third-order valence-corrected chi connectivity index (χ3v) is 4.57. The third kappa shape index (κ3) is 4.37. The van der Waals surface area contributed by atoms with E-state index in [1.165, 1.54) is 21.3 Å². The van der Waals surface area contributed by atoms with Crippen LogP contribution in [-0.2, 0) is 5.41 Å². The number of hydrogen-bond acceptors (Lipinski definition) is 7. The van der Waals surface area contributed by atoms with E-state index >= 15 is 0 Å². The fourth-order valence-electron chi connectivity index (χ4n) is 2.89. The molecule has 0 unspecified atom stereocenters. The predicted octanol–water partition coefficient (Wildman–Crippen LogP) is 4.31. The zero-order chi connectivity index (χ0) is 21.9. The highest BCUT2D eigenvalue weighted by atomic mass is 16.5. The van der Waals surface area contributed by atoms with Crippen LogP contribution in [0.25, 0.3) is 11.5 Å². The van der Waals surface area contributed by atoms with Crippen molar-refractivity contribution in [3.63, 3.8) is 0 Å². The molecule has 8 heteroatoms. The van der Waals surface area contributed by atoms with Crippen LogP contribution in [0.1, 0.15) is 36.7 Å². The van der Waals surface area contributed by atoms with Crippen molar-refractivity contribution in [1.82, 2.24) is 10.2 Å². The average Bonchev–Trinajstić information content (AvgIpc) is 3.20. The van der Waals surface area contributed by atoms with Gasteiger partial charge in [-0.05, 0) is 35.2 Å². The Bertz CT molecular complexity index is 1010. The van der Waals surface area contributed by atoms with Gasteiger partial charge in [-0.2, -0.15) is 0 Å². The summed E-state index contributed by atoms with van der Waals surface area (Å²) in [6.07, 6.45) is 0. The van der Waals surface area contributed by atoms with Crippen LogP contribution >= 0.6 is 0 Å². The van der Waals surface area contributed by atoms with E-state index in [2.05, 4.69) is 36.3 Å². The largest absolute Gasteiger partial charge is 0.493 e. The van der Waals surface area contributed by atoms with Gasteiger partial charge in [0.2, 0.25) is 11.6 Å². The first kappa shape index (κ1) is 21.2. The number of nitrogens with zero attached hydrogens (tertiary/aromatic N) is 2. The number of benzene rings is 2. The van der Waals surface area contributed by atoms with Crippen molar-refractivity contribution in [2.24, 2.45) is 0 Å². The number of anilines is 1. The number of amides is 1. The summed E-state index contributed by atoms with van der Waals surface area (Å²) in [5, 5.41) is 10.5. The van der Waals surface area contributed by atoms with E-state index in [-0.39, 0.29) is 23.2 Å². The Hall–Kier alpha value is -3.55. The fourth-order valence-corrected chi connectivity index (χ4v) is 2.89. The number of carbonyl (C=O) groups excluding carboxylic acids is 1. The standard InChI is InChI=1S/C22H25N3O5/c1-22(2,3)15-9-7-13(8-10-15)19(26)23-21-25-24-20(30-21)14-11-16(27-4)18(29-6)17(12-14)28-5/h7-12H,1-6H3,(H,23,25,26). The Labute approximate surface area is 175 Å². The molecule has 1 heterocycles. The molecule has 158 valence electrons. The summed E-state index contributed by atoms with van der Waals surface area (Å²) < 4.78 is 21.6. The minimum atomic E-state index is -0.337. The highest BCUT2D eigenvalue weighted by Gasteiger charge is 2.19. The molecule has 0 aliphatic carbocycles. The van der Waals surface area contributed by atoms with Crippen LogP contribution in [0.4, 0.5) is 6.01 Å². The molecule has 0 bridgehead atoms. The van der Waals surface area contributed by atoms with E-state index in [0.717, 1.165) is 5.56 Å². The quantitative estimate of drug-likeness (QED) is 0.645. The molecule has 30 heavy (non-hydrogen) atoms. The summed E-state index contributed by atoms with van der Waals surface area (Å²) in [6, 6.07) is 10.8. The van der Waals surface area contributed by atoms with Crippen LogP contribution in [0.15, 0.2) is 40.8 Å². The zero-order valence-corrected chi connectivity index (χ0v) is 17.9. The van der Waals surface area contributed by atoms with E-state index in [1.807, 2.05) is 12.1 Å². The normalized spacial score (nSPS) is 11.1. The lowest BCUT2D eigenvalue weighted by Gasteiger charge is -2.18. The topological polar surface area (TPSA) is 95.7 Å². The summed E-state index contributed by atoms with van der Waals surface area (Å²) >= 11 is 0. The lowest BCUT2D eigenvalue weighted by Crippen LogP contribution is -2.14. The molecule has 1 aromatic heterocycles. The molecule has 8 nitrogen and oxygen atoms in total. The lowest BCUT2D eigenvalue weighted by atomic mass is 9.87. The second kappa shape index (κ2) is 8.44. The van der Waals surface area contributed by atoms with Crippen molar-refractivity contribution >= 4 is 11.9 Å².